The van der Waals surface area contributed by atoms with Gasteiger partial charge in [-0.15, -0.1) is 0 Å². The second kappa shape index (κ2) is 8.97. The molecule has 0 aliphatic rings. The molecule has 4 heteroatoms. The number of hydrogen-bond acceptors (Lipinski definition) is 4. The highest BCUT2D eigenvalue weighted by molar-refractivity contribution is 5.65. The molecular weight excluding hydrogens is 278 g/mol. The van der Waals surface area contributed by atoms with Gasteiger partial charge in [0.25, 0.3) is 0 Å². The minimum Gasteiger partial charge on any atom is -0.371 e. The minimum atomic E-state index is -0.340. The molecule has 0 saturated carbocycles. The Labute approximate surface area is 131 Å². The van der Waals surface area contributed by atoms with Gasteiger partial charge >= 0.3 is 5.97 Å². The van der Waals surface area contributed by atoms with Crippen molar-refractivity contribution in [3.8, 4) is 0 Å². The molecule has 0 radical (unpaired) electrons. The molecule has 0 fully saturated rings. The summed E-state index contributed by atoms with van der Waals surface area (Å²) >= 11 is 0. The van der Waals surface area contributed by atoms with Gasteiger partial charge in [-0.2, -0.15) is 5.48 Å². The smallest absolute Gasteiger partial charge is 0.321 e. The molecule has 0 bridgehead atoms. The molecule has 0 aliphatic carbocycles. The molecular formula is C18H21NO3. The van der Waals surface area contributed by atoms with Crippen LogP contribution in [-0.2, 0) is 14.4 Å². The van der Waals surface area contributed by atoms with Gasteiger partial charge in [-0.1, -0.05) is 60.7 Å². The molecule has 4 nitrogen and oxygen atoms in total. The van der Waals surface area contributed by atoms with Crippen LogP contribution < -0.4 is 5.48 Å². The Morgan fingerprint density at radius 1 is 1.00 bits per heavy atom. The van der Waals surface area contributed by atoms with Crippen molar-refractivity contribution < 1.29 is 14.4 Å². The first-order chi connectivity index (χ1) is 10.8. The van der Waals surface area contributed by atoms with E-state index in [-0.39, 0.29) is 12.1 Å². The van der Waals surface area contributed by atoms with Crippen LogP contribution in [0.25, 0.3) is 0 Å². The zero-order valence-corrected chi connectivity index (χ0v) is 12.7. The lowest BCUT2D eigenvalue weighted by atomic mass is 10.0. The van der Waals surface area contributed by atoms with Crippen LogP contribution in [0.1, 0.15) is 30.6 Å². The summed E-state index contributed by atoms with van der Waals surface area (Å²) in [6, 6.07) is 20.3. The number of carbonyl (C=O) groups excluding carboxylic acids is 1. The van der Waals surface area contributed by atoms with Gasteiger partial charge in [-0.25, -0.2) is 0 Å². The van der Waals surface area contributed by atoms with Crippen LogP contribution in [0.5, 0.6) is 0 Å². The van der Waals surface area contributed by atoms with Crippen LogP contribution >= 0.6 is 0 Å². The Morgan fingerprint density at radius 2 is 1.55 bits per heavy atom. The second-order valence-electron chi connectivity index (χ2n) is 4.91. The number of hydroxylamine groups is 1. The molecule has 2 rings (SSSR count). The summed E-state index contributed by atoms with van der Waals surface area (Å²) in [5, 5.41) is 0. The predicted octanol–water partition coefficient (Wildman–Crippen LogP) is 3.25. The number of carbonyl (C=O) groups is 1. The van der Waals surface area contributed by atoms with E-state index in [2.05, 4.69) is 34.6 Å². The summed E-state index contributed by atoms with van der Waals surface area (Å²) < 4.78 is 6.04. The van der Waals surface area contributed by atoms with E-state index in [1.165, 1.54) is 6.92 Å². The molecule has 2 aromatic rings. The molecule has 0 amide bonds. The quantitative estimate of drug-likeness (QED) is 0.600. The molecule has 116 valence electrons. The van der Waals surface area contributed by atoms with E-state index in [1.54, 1.807) is 0 Å². The van der Waals surface area contributed by atoms with Crippen LogP contribution in [0.2, 0.25) is 0 Å². The number of benzene rings is 2. The zero-order chi connectivity index (χ0) is 15.6. The third-order valence-corrected chi connectivity index (χ3v) is 3.13. The second-order valence-corrected chi connectivity index (χ2v) is 4.91. The molecule has 1 N–H and O–H groups in total. The number of nitrogens with one attached hydrogen (secondary N) is 1. The van der Waals surface area contributed by atoms with Crippen LogP contribution in [0.15, 0.2) is 60.7 Å². The van der Waals surface area contributed by atoms with Gasteiger partial charge in [0, 0.05) is 20.1 Å². The highest BCUT2D eigenvalue weighted by Crippen LogP contribution is 2.25. The Hall–Kier alpha value is -2.17. The first kappa shape index (κ1) is 16.2. The Balaban J connectivity index is 1.91. The van der Waals surface area contributed by atoms with Crippen molar-refractivity contribution in [2.45, 2.75) is 19.4 Å². The maximum Gasteiger partial charge on any atom is 0.321 e. The van der Waals surface area contributed by atoms with Crippen LogP contribution in [0.3, 0.4) is 0 Å². The molecule has 2 aromatic carbocycles. The van der Waals surface area contributed by atoms with E-state index in [0.29, 0.717) is 13.2 Å². The normalized spacial score (nSPS) is 10.6. The fraction of sp³-hybridized carbons (Fsp3) is 0.278. The molecule has 0 aromatic heterocycles. The summed E-state index contributed by atoms with van der Waals surface area (Å²) in [7, 11) is 0. The average Bonchev–Trinajstić information content (AvgIpc) is 2.55. The molecule has 0 aliphatic heterocycles. The lowest BCUT2D eigenvalue weighted by Gasteiger charge is -2.19. The van der Waals surface area contributed by atoms with Crippen molar-refractivity contribution in [3.05, 3.63) is 71.8 Å². The maximum absolute atomic E-state index is 10.6. The topological polar surface area (TPSA) is 47.6 Å². The first-order valence-corrected chi connectivity index (χ1v) is 7.39. The molecule has 0 heterocycles. The summed E-state index contributed by atoms with van der Waals surface area (Å²) in [5.41, 5.74) is 4.86. The van der Waals surface area contributed by atoms with Crippen molar-refractivity contribution in [1.29, 1.82) is 0 Å². The third-order valence-electron chi connectivity index (χ3n) is 3.13. The van der Waals surface area contributed by atoms with Gasteiger partial charge in [0.15, 0.2) is 0 Å². The standard InChI is InChI=1S/C18H21NO3/c1-15(20)22-19-13-8-14-21-18(16-9-4-2-5-10-16)17-11-6-3-7-12-17/h2-7,9-12,18-19H,8,13-14H2,1H3. The average molecular weight is 299 g/mol. The zero-order valence-electron chi connectivity index (χ0n) is 12.7. The Kier molecular flexibility index (Phi) is 6.61. The number of ether oxygens (including phenoxy) is 1. The van der Waals surface area contributed by atoms with E-state index < -0.39 is 0 Å². The van der Waals surface area contributed by atoms with Gasteiger partial charge in [-0.05, 0) is 17.5 Å². The maximum atomic E-state index is 10.6. The highest BCUT2D eigenvalue weighted by atomic mass is 16.7. The van der Waals surface area contributed by atoms with Gasteiger partial charge in [0.2, 0.25) is 0 Å². The van der Waals surface area contributed by atoms with Gasteiger partial charge in [0.05, 0.1) is 0 Å². The summed E-state index contributed by atoms with van der Waals surface area (Å²) in [4.78, 5) is 15.3. The summed E-state index contributed by atoms with van der Waals surface area (Å²) in [5.74, 6) is -0.340. The van der Waals surface area contributed by atoms with Crippen LogP contribution in [0, 0.1) is 0 Å². The van der Waals surface area contributed by atoms with Crippen LogP contribution in [-0.4, -0.2) is 19.1 Å². The molecule has 0 spiro atoms. The van der Waals surface area contributed by atoms with Crippen molar-refractivity contribution >= 4 is 5.97 Å². The number of rotatable bonds is 8. The summed E-state index contributed by atoms with van der Waals surface area (Å²) in [6.07, 6.45) is 0.666. The van der Waals surface area contributed by atoms with E-state index in [1.807, 2.05) is 36.4 Å². The highest BCUT2D eigenvalue weighted by Gasteiger charge is 2.13. The largest absolute Gasteiger partial charge is 0.371 e. The van der Waals surface area contributed by atoms with Gasteiger partial charge in [-0.3, -0.25) is 4.79 Å². The van der Waals surface area contributed by atoms with E-state index >= 15 is 0 Å². The van der Waals surface area contributed by atoms with Crippen molar-refractivity contribution in [2.75, 3.05) is 13.2 Å². The lowest BCUT2D eigenvalue weighted by Crippen LogP contribution is -2.20. The van der Waals surface area contributed by atoms with E-state index in [4.69, 9.17) is 4.74 Å². The Bertz CT molecular complexity index is 518. The van der Waals surface area contributed by atoms with E-state index in [0.717, 1.165) is 17.5 Å². The minimum absolute atomic E-state index is 0.0869. The van der Waals surface area contributed by atoms with Gasteiger partial charge < -0.3 is 9.57 Å². The molecule has 0 atom stereocenters. The third kappa shape index (κ3) is 5.31. The first-order valence-electron chi connectivity index (χ1n) is 7.39. The van der Waals surface area contributed by atoms with Gasteiger partial charge in [0.1, 0.15) is 6.10 Å². The predicted molar refractivity (Wildman–Crippen MR) is 85.1 cm³/mol. The van der Waals surface area contributed by atoms with Crippen LogP contribution in [0.4, 0.5) is 0 Å². The fourth-order valence-electron chi connectivity index (χ4n) is 2.14. The van der Waals surface area contributed by atoms with E-state index in [9.17, 15) is 4.79 Å². The van der Waals surface area contributed by atoms with Crippen molar-refractivity contribution in [1.82, 2.24) is 5.48 Å². The molecule has 0 saturated heterocycles. The van der Waals surface area contributed by atoms with Crippen molar-refractivity contribution in [2.24, 2.45) is 0 Å². The fourth-order valence-corrected chi connectivity index (χ4v) is 2.14. The molecule has 0 unspecified atom stereocenters. The van der Waals surface area contributed by atoms with Crippen molar-refractivity contribution in [3.63, 3.8) is 0 Å². The summed E-state index contributed by atoms with van der Waals surface area (Å²) in [6.45, 7) is 2.50. The molecule has 22 heavy (non-hydrogen) atoms. The lowest BCUT2D eigenvalue weighted by molar-refractivity contribution is -0.148. The SMILES string of the molecule is CC(=O)ONCCCOC(c1ccccc1)c1ccccc1. The monoisotopic (exact) mass is 299 g/mol. The Morgan fingerprint density at radius 3 is 2.05 bits per heavy atom. The number of hydrogen-bond donors (Lipinski definition) is 1.